The first-order valence-electron chi connectivity index (χ1n) is 6.66. The maximum absolute atomic E-state index is 11.8. The molecule has 1 aromatic heterocycles. The average molecular weight is 268 g/mol. The summed E-state index contributed by atoms with van der Waals surface area (Å²) in [6.45, 7) is 2.67. The molecule has 1 atom stereocenters. The number of fused-ring (bicyclic) bond motifs is 1. The number of hydrogen-bond donors (Lipinski definition) is 1. The van der Waals surface area contributed by atoms with Gasteiger partial charge in [-0.2, -0.15) is 0 Å². The van der Waals surface area contributed by atoms with E-state index >= 15 is 0 Å². The molecule has 1 unspecified atom stereocenters. The Hall–Kier alpha value is -2.36. The molecule has 4 heteroatoms. The lowest BCUT2D eigenvalue weighted by atomic mass is 9.92. The van der Waals surface area contributed by atoms with E-state index in [1.54, 1.807) is 12.4 Å². The summed E-state index contributed by atoms with van der Waals surface area (Å²) in [5.74, 6) is -0.812. The zero-order valence-electron chi connectivity index (χ0n) is 11.3. The van der Waals surface area contributed by atoms with Crippen molar-refractivity contribution in [2.75, 3.05) is 11.4 Å². The number of aryl methyl sites for hydroxylation is 1. The van der Waals surface area contributed by atoms with E-state index in [0.717, 1.165) is 28.8 Å². The van der Waals surface area contributed by atoms with Gasteiger partial charge in [-0.25, -0.2) is 4.79 Å². The Bertz CT molecular complexity index is 654. The highest BCUT2D eigenvalue weighted by atomic mass is 16.4. The van der Waals surface area contributed by atoms with Gasteiger partial charge in [-0.1, -0.05) is 24.3 Å². The van der Waals surface area contributed by atoms with Gasteiger partial charge in [-0.3, -0.25) is 4.98 Å². The lowest BCUT2D eigenvalue weighted by Crippen LogP contribution is -2.40. The predicted octanol–water partition coefficient (Wildman–Crippen LogP) is 2.58. The lowest BCUT2D eigenvalue weighted by Gasteiger charge is -2.37. The number of pyridine rings is 1. The van der Waals surface area contributed by atoms with Crippen LogP contribution in [0.25, 0.3) is 0 Å². The lowest BCUT2D eigenvalue weighted by molar-refractivity contribution is -0.138. The number of aliphatic carboxylic acids is 1. The van der Waals surface area contributed by atoms with Gasteiger partial charge in [0.05, 0.1) is 0 Å². The van der Waals surface area contributed by atoms with Crippen LogP contribution in [0.15, 0.2) is 42.7 Å². The molecule has 20 heavy (non-hydrogen) atoms. The number of hydrogen-bond acceptors (Lipinski definition) is 3. The molecule has 0 radical (unpaired) electrons. The third kappa shape index (κ3) is 2.03. The summed E-state index contributed by atoms with van der Waals surface area (Å²) in [5, 5.41) is 9.65. The molecule has 1 aliphatic heterocycles. The molecule has 0 bridgehead atoms. The molecule has 0 fully saturated rings. The van der Waals surface area contributed by atoms with Gasteiger partial charge in [0.15, 0.2) is 6.04 Å². The van der Waals surface area contributed by atoms with E-state index in [9.17, 15) is 9.90 Å². The average Bonchev–Trinajstić information content (AvgIpc) is 2.46. The molecular weight excluding hydrogens is 252 g/mol. The van der Waals surface area contributed by atoms with Gasteiger partial charge in [0, 0.05) is 24.6 Å². The number of anilines is 1. The van der Waals surface area contributed by atoms with Crippen LogP contribution in [0.3, 0.4) is 0 Å². The maximum Gasteiger partial charge on any atom is 0.331 e. The van der Waals surface area contributed by atoms with Crippen LogP contribution >= 0.6 is 0 Å². The van der Waals surface area contributed by atoms with Crippen molar-refractivity contribution in [3.05, 3.63) is 59.4 Å². The second-order valence-corrected chi connectivity index (χ2v) is 5.05. The monoisotopic (exact) mass is 268 g/mol. The van der Waals surface area contributed by atoms with Crippen LogP contribution in [-0.2, 0) is 11.2 Å². The molecule has 0 saturated carbocycles. The van der Waals surface area contributed by atoms with Crippen molar-refractivity contribution in [2.24, 2.45) is 0 Å². The first-order chi connectivity index (χ1) is 9.68. The molecule has 102 valence electrons. The van der Waals surface area contributed by atoms with Gasteiger partial charge in [0.1, 0.15) is 0 Å². The van der Waals surface area contributed by atoms with Crippen LogP contribution in [-0.4, -0.2) is 22.6 Å². The zero-order chi connectivity index (χ0) is 14.1. The van der Waals surface area contributed by atoms with Crippen molar-refractivity contribution in [2.45, 2.75) is 19.4 Å². The quantitative estimate of drug-likeness (QED) is 0.909. The van der Waals surface area contributed by atoms with E-state index in [1.165, 1.54) is 0 Å². The van der Waals surface area contributed by atoms with E-state index in [4.69, 9.17) is 0 Å². The van der Waals surface area contributed by atoms with Gasteiger partial charge in [-0.05, 0) is 36.1 Å². The third-order valence-electron chi connectivity index (χ3n) is 3.82. The summed E-state index contributed by atoms with van der Waals surface area (Å²) in [4.78, 5) is 17.8. The Kier molecular flexibility index (Phi) is 3.14. The van der Waals surface area contributed by atoms with E-state index in [0.29, 0.717) is 6.54 Å². The molecule has 4 nitrogen and oxygen atoms in total. The smallest absolute Gasteiger partial charge is 0.331 e. The minimum absolute atomic E-state index is 0.624. The molecule has 0 saturated heterocycles. The number of aromatic nitrogens is 1. The summed E-state index contributed by atoms with van der Waals surface area (Å²) in [5.41, 5.74) is 3.96. The zero-order valence-corrected chi connectivity index (χ0v) is 11.3. The Balaban J connectivity index is 2.10. The first kappa shape index (κ1) is 12.7. The van der Waals surface area contributed by atoms with Crippen molar-refractivity contribution in [1.29, 1.82) is 0 Å². The van der Waals surface area contributed by atoms with Crippen molar-refractivity contribution in [3.8, 4) is 0 Å². The SMILES string of the molecule is Cc1cnccc1N1CCc2ccccc2C1C(=O)O. The van der Waals surface area contributed by atoms with Gasteiger partial charge < -0.3 is 10.0 Å². The molecule has 0 amide bonds. The Morgan fingerprint density at radius 2 is 2.15 bits per heavy atom. The molecular formula is C16H16N2O2. The highest BCUT2D eigenvalue weighted by molar-refractivity contribution is 5.82. The minimum atomic E-state index is -0.812. The number of carboxylic acids is 1. The summed E-state index contributed by atoms with van der Waals surface area (Å²) in [6, 6.07) is 9.06. The Morgan fingerprint density at radius 1 is 1.35 bits per heavy atom. The normalized spacial score (nSPS) is 17.6. The van der Waals surface area contributed by atoms with Crippen LogP contribution in [0.5, 0.6) is 0 Å². The third-order valence-corrected chi connectivity index (χ3v) is 3.82. The van der Waals surface area contributed by atoms with Crippen molar-refractivity contribution >= 4 is 11.7 Å². The van der Waals surface area contributed by atoms with Gasteiger partial charge in [0.2, 0.25) is 0 Å². The number of rotatable bonds is 2. The number of nitrogens with zero attached hydrogens (tertiary/aromatic N) is 2. The Morgan fingerprint density at radius 3 is 2.90 bits per heavy atom. The van der Waals surface area contributed by atoms with E-state index in [2.05, 4.69) is 4.98 Å². The predicted molar refractivity (Wildman–Crippen MR) is 76.8 cm³/mol. The number of carbonyl (C=O) groups is 1. The van der Waals surface area contributed by atoms with Crippen molar-refractivity contribution in [3.63, 3.8) is 0 Å². The van der Waals surface area contributed by atoms with Gasteiger partial charge in [-0.15, -0.1) is 0 Å². The highest BCUT2D eigenvalue weighted by Gasteiger charge is 2.33. The highest BCUT2D eigenvalue weighted by Crippen LogP contribution is 2.35. The number of benzene rings is 1. The topological polar surface area (TPSA) is 53.4 Å². The number of carboxylic acid groups (broad SMARTS) is 1. The van der Waals surface area contributed by atoms with Crippen LogP contribution in [0.4, 0.5) is 5.69 Å². The molecule has 3 rings (SSSR count). The van der Waals surface area contributed by atoms with Crippen molar-refractivity contribution < 1.29 is 9.90 Å². The largest absolute Gasteiger partial charge is 0.479 e. The summed E-state index contributed by atoms with van der Waals surface area (Å²) >= 11 is 0. The van der Waals surface area contributed by atoms with Gasteiger partial charge >= 0.3 is 5.97 Å². The second-order valence-electron chi connectivity index (χ2n) is 5.05. The van der Waals surface area contributed by atoms with Crippen LogP contribution in [0.1, 0.15) is 22.7 Å². The van der Waals surface area contributed by atoms with Crippen LogP contribution in [0, 0.1) is 6.92 Å². The fourth-order valence-electron chi connectivity index (χ4n) is 2.88. The molecule has 1 aliphatic rings. The fraction of sp³-hybridized carbons (Fsp3) is 0.250. The molecule has 0 spiro atoms. The standard InChI is InChI=1S/C16H16N2O2/c1-11-10-17-8-6-14(11)18-9-7-12-4-2-3-5-13(12)15(18)16(19)20/h2-6,8,10,15H,7,9H2,1H3,(H,19,20). The molecule has 1 N–H and O–H groups in total. The first-order valence-corrected chi connectivity index (χ1v) is 6.66. The van der Waals surface area contributed by atoms with E-state index < -0.39 is 12.0 Å². The minimum Gasteiger partial charge on any atom is -0.479 e. The molecule has 0 aliphatic carbocycles. The summed E-state index contributed by atoms with van der Waals surface area (Å²) < 4.78 is 0. The van der Waals surface area contributed by atoms with Crippen molar-refractivity contribution in [1.82, 2.24) is 4.98 Å². The van der Waals surface area contributed by atoms with E-state index in [-0.39, 0.29) is 0 Å². The van der Waals surface area contributed by atoms with E-state index in [1.807, 2.05) is 42.2 Å². The van der Waals surface area contributed by atoms with Crippen LogP contribution in [0.2, 0.25) is 0 Å². The maximum atomic E-state index is 11.8. The van der Waals surface area contributed by atoms with Gasteiger partial charge in [0.25, 0.3) is 0 Å². The fourth-order valence-corrected chi connectivity index (χ4v) is 2.88. The summed E-state index contributed by atoms with van der Waals surface area (Å²) in [6.07, 6.45) is 4.35. The van der Waals surface area contributed by atoms with Crippen LogP contribution < -0.4 is 4.90 Å². The summed E-state index contributed by atoms with van der Waals surface area (Å²) in [7, 11) is 0. The second kappa shape index (κ2) is 4.96. The molecule has 2 heterocycles. The Labute approximate surface area is 117 Å². The molecule has 1 aromatic carbocycles. The molecule has 2 aromatic rings.